The molecule has 2 heterocycles. The summed E-state index contributed by atoms with van der Waals surface area (Å²) in [4.78, 5) is 8.39. The normalized spacial score (nSPS) is 17.6. The summed E-state index contributed by atoms with van der Waals surface area (Å²) in [6, 6.07) is 0.379. The maximum Gasteiger partial charge on any atom is 0.184 e. The highest BCUT2D eigenvalue weighted by atomic mass is 15.5. The van der Waals surface area contributed by atoms with E-state index in [0.717, 1.165) is 22.9 Å². The quantitative estimate of drug-likeness (QED) is 0.839. The second kappa shape index (κ2) is 3.40. The van der Waals surface area contributed by atoms with E-state index >= 15 is 0 Å². The van der Waals surface area contributed by atoms with Crippen LogP contribution in [0.15, 0.2) is 6.33 Å². The average Bonchev–Trinajstić information content (AvgIpc) is 3.07. The minimum Gasteiger partial charge on any atom is -0.371 e. The Balaban J connectivity index is 2.12. The lowest BCUT2D eigenvalue weighted by molar-refractivity contribution is 0.438. The lowest BCUT2D eigenvalue weighted by Gasteiger charge is -2.09. The SMILES string of the molecule is CNc1ncnc2c1nnn2C(C)C1CC1. The summed E-state index contributed by atoms with van der Waals surface area (Å²) in [5.74, 6) is 1.47. The van der Waals surface area contributed by atoms with Crippen LogP contribution < -0.4 is 5.32 Å². The Morgan fingerprint density at radius 3 is 2.94 bits per heavy atom. The first-order chi connectivity index (χ1) is 7.81. The number of fused-ring (bicyclic) bond motifs is 1. The van der Waals surface area contributed by atoms with Crippen LogP contribution in [0.1, 0.15) is 25.8 Å². The largest absolute Gasteiger partial charge is 0.371 e. The molecule has 6 nitrogen and oxygen atoms in total. The zero-order valence-electron chi connectivity index (χ0n) is 9.38. The van der Waals surface area contributed by atoms with Crippen molar-refractivity contribution in [3.05, 3.63) is 6.33 Å². The van der Waals surface area contributed by atoms with E-state index in [1.807, 2.05) is 11.7 Å². The van der Waals surface area contributed by atoms with E-state index in [1.165, 1.54) is 12.8 Å². The molecule has 1 fully saturated rings. The molecule has 84 valence electrons. The highest BCUT2D eigenvalue weighted by molar-refractivity contribution is 5.81. The Hall–Kier alpha value is -1.72. The molecule has 2 aromatic rings. The van der Waals surface area contributed by atoms with Crippen molar-refractivity contribution in [3.8, 4) is 0 Å². The van der Waals surface area contributed by atoms with Gasteiger partial charge < -0.3 is 5.32 Å². The molecule has 0 aliphatic heterocycles. The van der Waals surface area contributed by atoms with Crippen molar-refractivity contribution < 1.29 is 0 Å². The van der Waals surface area contributed by atoms with Crippen molar-refractivity contribution >= 4 is 17.0 Å². The topological polar surface area (TPSA) is 68.5 Å². The number of hydrogen-bond acceptors (Lipinski definition) is 5. The molecule has 16 heavy (non-hydrogen) atoms. The van der Waals surface area contributed by atoms with Gasteiger partial charge in [-0.3, -0.25) is 0 Å². The minimum atomic E-state index is 0.379. The van der Waals surface area contributed by atoms with Crippen LogP contribution in [-0.4, -0.2) is 32.0 Å². The average molecular weight is 218 g/mol. The van der Waals surface area contributed by atoms with Crippen LogP contribution in [0.2, 0.25) is 0 Å². The van der Waals surface area contributed by atoms with Crippen LogP contribution in [-0.2, 0) is 0 Å². The molecule has 0 saturated heterocycles. The summed E-state index contributed by atoms with van der Waals surface area (Å²) in [5, 5.41) is 11.3. The van der Waals surface area contributed by atoms with Gasteiger partial charge >= 0.3 is 0 Å². The van der Waals surface area contributed by atoms with E-state index in [4.69, 9.17) is 0 Å². The first-order valence-electron chi connectivity index (χ1n) is 5.55. The summed E-state index contributed by atoms with van der Waals surface area (Å²) in [7, 11) is 1.82. The number of anilines is 1. The lowest BCUT2D eigenvalue weighted by atomic mass is 10.2. The summed E-state index contributed by atoms with van der Waals surface area (Å²) in [5.41, 5.74) is 1.57. The van der Waals surface area contributed by atoms with Crippen molar-refractivity contribution in [3.63, 3.8) is 0 Å². The predicted octanol–water partition coefficient (Wildman–Crippen LogP) is 1.23. The van der Waals surface area contributed by atoms with Crippen molar-refractivity contribution in [2.24, 2.45) is 5.92 Å². The van der Waals surface area contributed by atoms with Crippen LogP contribution in [0.5, 0.6) is 0 Å². The van der Waals surface area contributed by atoms with Gasteiger partial charge in [-0.2, -0.15) is 0 Å². The van der Waals surface area contributed by atoms with Crippen LogP contribution in [0.3, 0.4) is 0 Å². The Kier molecular flexibility index (Phi) is 2.02. The van der Waals surface area contributed by atoms with Crippen LogP contribution in [0.25, 0.3) is 11.2 Å². The molecule has 1 saturated carbocycles. The second-order valence-corrected chi connectivity index (χ2v) is 4.26. The van der Waals surface area contributed by atoms with Gasteiger partial charge in [0.15, 0.2) is 17.0 Å². The number of rotatable bonds is 3. The summed E-state index contributed by atoms with van der Waals surface area (Å²) in [6.07, 6.45) is 4.12. The molecule has 3 rings (SSSR count). The van der Waals surface area contributed by atoms with Gasteiger partial charge in [0, 0.05) is 7.05 Å². The summed E-state index contributed by atoms with van der Waals surface area (Å²) >= 11 is 0. The van der Waals surface area contributed by atoms with E-state index in [0.29, 0.717) is 6.04 Å². The standard InChI is InChI=1S/C10H14N6/c1-6(7-3-4-7)16-10-8(14-15-16)9(11-2)12-5-13-10/h5-7H,3-4H2,1-2H3,(H,11,12,13). The van der Waals surface area contributed by atoms with Crippen molar-refractivity contribution in [2.75, 3.05) is 12.4 Å². The molecule has 0 spiro atoms. The fraction of sp³-hybridized carbons (Fsp3) is 0.600. The van der Waals surface area contributed by atoms with Crippen molar-refractivity contribution in [2.45, 2.75) is 25.8 Å². The molecule has 2 aromatic heterocycles. The Morgan fingerprint density at radius 1 is 1.44 bits per heavy atom. The van der Waals surface area contributed by atoms with Gasteiger partial charge in [-0.15, -0.1) is 5.10 Å². The molecule has 1 aliphatic rings. The third-order valence-electron chi connectivity index (χ3n) is 3.19. The summed E-state index contributed by atoms with van der Waals surface area (Å²) < 4.78 is 1.91. The number of aromatic nitrogens is 5. The fourth-order valence-electron chi connectivity index (χ4n) is 2.00. The number of nitrogens with zero attached hydrogens (tertiary/aromatic N) is 5. The second-order valence-electron chi connectivity index (χ2n) is 4.26. The monoisotopic (exact) mass is 218 g/mol. The van der Waals surface area contributed by atoms with E-state index in [1.54, 1.807) is 6.33 Å². The van der Waals surface area contributed by atoms with Crippen LogP contribution in [0, 0.1) is 5.92 Å². The van der Waals surface area contributed by atoms with Gasteiger partial charge in [-0.1, -0.05) is 5.21 Å². The fourth-order valence-corrected chi connectivity index (χ4v) is 2.00. The lowest BCUT2D eigenvalue weighted by Crippen LogP contribution is -2.09. The predicted molar refractivity (Wildman–Crippen MR) is 60.1 cm³/mol. The third kappa shape index (κ3) is 1.33. The van der Waals surface area contributed by atoms with Gasteiger partial charge in [0.25, 0.3) is 0 Å². The minimum absolute atomic E-state index is 0.379. The smallest absolute Gasteiger partial charge is 0.184 e. The summed E-state index contributed by atoms with van der Waals surface area (Å²) in [6.45, 7) is 2.17. The van der Waals surface area contributed by atoms with Gasteiger partial charge in [-0.05, 0) is 25.7 Å². The molecule has 1 aliphatic carbocycles. The Labute approximate surface area is 93.1 Å². The van der Waals surface area contributed by atoms with E-state index in [-0.39, 0.29) is 0 Å². The maximum absolute atomic E-state index is 4.27. The van der Waals surface area contributed by atoms with E-state index < -0.39 is 0 Å². The van der Waals surface area contributed by atoms with Gasteiger partial charge in [0.05, 0.1) is 6.04 Å². The molecule has 0 radical (unpaired) electrons. The molecule has 0 amide bonds. The zero-order chi connectivity index (χ0) is 11.1. The maximum atomic E-state index is 4.27. The molecule has 1 atom stereocenters. The molecular weight excluding hydrogens is 204 g/mol. The number of hydrogen-bond donors (Lipinski definition) is 1. The molecule has 1 unspecified atom stereocenters. The van der Waals surface area contributed by atoms with E-state index in [9.17, 15) is 0 Å². The molecular formula is C10H14N6. The van der Waals surface area contributed by atoms with Gasteiger partial charge in [-0.25, -0.2) is 14.6 Å². The third-order valence-corrected chi connectivity index (χ3v) is 3.19. The van der Waals surface area contributed by atoms with Crippen molar-refractivity contribution in [1.29, 1.82) is 0 Å². The molecule has 0 bridgehead atoms. The molecule has 6 heteroatoms. The van der Waals surface area contributed by atoms with Gasteiger partial charge in [0.1, 0.15) is 6.33 Å². The van der Waals surface area contributed by atoms with Crippen LogP contribution in [0.4, 0.5) is 5.82 Å². The van der Waals surface area contributed by atoms with Gasteiger partial charge in [0.2, 0.25) is 0 Å². The van der Waals surface area contributed by atoms with Crippen molar-refractivity contribution in [1.82, 2.24) is 25.0 Å². The number of nitrogens with one attached hydrogen (secondary N) is 1. The molecule has 0 aromatic carbocycles. The zero-order valence-corrected chi connectivity index (χ0v) is 9.38. The Morgan fingerprint density at radius 2 is 2.25 bits per heavy atom. The van der Waals surface area contributed by atoms with Crippen LogP contribution >= 0.6 is 0 Å². The first-order valence-corrected chi connectivity index (χ1v) is 5.55. The highest BCUT2D eigenvalue weighted by Crippen LogP contribution is 2.39. The Bertz CT molecular complexity index is 515. The first kappa shape index (κ1) is 9.50. The van der Waals surface area contributed by atoms with E-state index in [2.05, 4.69) is 32.5 Å². The molecule has 1 N–H and O–H groups in total. The highest BCUT2D eigenvalue weighted by Gasteiger charge is 2.31.